The second-order valence-electron chi connectivity index (χ2n) is 8.02. The van der Waals surface area contributed by atoms with Crippen molar-refractivity contribution >= 4 is 11.9 Å². The molecule has 0 aliphatic carbocycles. The lowest BCUT2D eigenvalue weighted by Gasteiger charge is -2.32. The SMILES string of the molecule is CCNC(=NCCc1ccc(OCC(C)C)cc1)NC1CCN(CC(N)=O)CC1. The van der Waals surface area contributed by atoms with Crippen molar-refractivity contribution in [2.24, 2.45) is 16.6 Å². The number of piperidine rings is 1. The van der Waals surface area contributed by atoms with Crippen LogP contribution in [-0.4, -0.2) is 62.1 Å². The molecule has 1 amide bonds. The summed E-state index contributed by atoms with van der Waals surface area (Å²) in [6.07, 6.45) is 2.85. The van der Waals surface area contributed by atoms with Crippen LogP contribution in [-0.2, 0) is 11.2 Å². The Morgan fingerprint density at radius 2 is 1.97 bits per heavy atom. The van der Waals surface area contributed by atoms with Gasteiger partial charge in [-0.2, -0.15) is 0 Å². The summed E-state index contributed by atoms with van der Waals surface area (Å²) >= 11 is 0. The normalized spacial score (nSPS) is 16.1. The second kappa shape index (κ2) is 12.3. The zero-order valence-electron chi connectivity index (χ0n) is 18.1. The Kier molecular flexibility index (Phi) is 9.77. The third-order valence-corrected chi connectivity index (χ3v) is 4.83. The van der Waals surface area contributed by atoms with Gasteiger partial charge in [0.1, 0.15) is 5.75 Å². The van der Waals surface area contributed by atoms with Crippen molar-refractivity contribution in [3.8, 4) is 5.75 Å². The lowest BCUT2D eigenvalue weighted by atomic mass is 10.1. The number of primary amides is 1. The van der Waals surface area contributed by atoms with Gasteiger partial charge in [0, 0.05) is 32.2 Å². The summed E-state index contributed by atoms with van der Waals surface area (Å²) in [5.74, 6) is 2.04. The van der Waals surface area contributed by atoms with E-state index in [-0.39, 0.29) is 5.91 Å². The fourth-order valence-electron chi connectivity index (χ4n) is 3.28. The van der Waals surface area contributed by atoms with Crippen molar-refractivity contribution in [2.45, 2.75) is 46.1 Å². The molecule has 1 aromatic carbocycles. The predicted octanol–water partition coefficient (Wildman–Crippen LogP) is 1.77. The van der Waals surface area contributed by atoms with Gasteiger partial charge in [-0.25, -0.2) is 0 Å². The monoisotopic (exact) mass is 403 g/mol. The molecule has 1 aromatic rings. The third-order valence-electron chi connectivity index (χ3n) is 4.83. The molecule has 7 nitrogen and oxygen atoms in total. The quantitative estimate of drug-likeness (QED) is 0.409. The first-order valence-electron chi connectivity index (χ1n) is 10.7. The number of nitrogens with two attached hydrogens (primary N) is 1. The van der Waals surface area contributed by atoms with Crippen LogP contribution in [0.1, 0.15) is 39.2 Å². The van der Waals surface area contributed by atoms with E-state index in [9.17, 15) is 4.79 Å². The number of hydrogen-bond donors (Lipinski definition) is 3. The summed E-state index contributed by atoms with van der Waals surface area (Å²) < 4.78 is 5.73. The summed E-state index contributed by atoms with van der Waals surface area (Å²) in [6, 6.07) is 8.66. The van der Waals surface area contributed by atoms with Crippen molar-refractivity contribution in [3.63, 3.8) is 0 Å². The van der Waals surface area contributed by atoms with Gasteiger partial charge in [0.2, 0.25) is 5.91 Å². The number of carbonyl (C=O) groups is 1. The third kappa shape index (κ3) is 9.17. The number of nitrogens with one attached hydrogen (secondary N) is 2. The van der Waals surface area contributed by atoms with E-state index in [0.717, 1.165) is 63.8 Å². The van der Waals surface area contributed by atoms with E-state index >= 15 is 0 Å². The number of amides is 1. The molecule has 0 radical (unpaired) electrons. The van der Waals surface area contributed by atoms with Crippen LogP contribution in [0.5, 0.6) is 5.75 Å². The van der Waals surface area contributed by atoms with Crippen molar-refractivity contribution in [1.82, 2.24) is 15.5 Å². The van der Waals surface area contributed by atoms with Gasteiger partial charge in [-0.05, 0) is 49.8 Å². The molecule has 0 spiro atoms. The molecule has 2 rings (SSSR count). The Balaban J connectivity index is 1.78. The first kappa shape index (κ1) is 23.0. The molecular formula is C22H37N5O2. The van der Waals surface area contributed by atoms with E-state index < -0.39 is 0 Å². The maximum absolute atomic E-state index is 11.1. The van der Waals surface area contributed by atoms with Crippen molar-refractivity contribution < 1.29 is 9.53 Å². The first-order chi connectivity index (χ1) is 14.0. The molecule has 0 bridgehead atoms. The lowest BCUT2D eigenvalue weighted by molar-refractivity contribution is -0.119. The number of benzene rings is 1. The van der Waals surface area contributed by atoms with Gasteiger partial charge < -0.3 is 21.1 Å². The van der Waals surface area contributed by atoms with E-state index in [0.29, 0.717) is 18.5 Å². The minimum absolute atomic E-state index is 0.258. The molecule has 4 N–H and O–H groups in total. The minimum Gasteiger partial charge on any atom is -0.493 e. The van der Waals surface area contributed by atoms with Gasteiger partial charge in [0.05, 0.1) is 13.2 Å². The topological polar surface area (TPSA) is 92.0 Å². The molecule has 1 aliphatic heterocycles. The van der Waals surface area contributed by atoms with Crippen molar-refractivity contribution in [1.29, 1.82) is 0 Å². The number of aliphatic imine (C=N–C) groups is 1. The van der Waals surface area contributed by atoms with Crippen LogP contribution in [0.4, 0.5) is 0 Å². The Bertz CT molecular complexity index is 637. The first-order valence-corrected chi connectivity index (χ1v) is 10.7. The molecule has 7 heteroatoms. The minimum atomic E-state index is -0.258. The number of nitrogens with zero attached hydrogens (tertiary/aromatic N) is 2. The zero-order chi connectivity index (χ0) is 21.1. The van der Waals surface area contributed by atoms with Crippen LogP contribution in [0.3, 0.4) is 0 Å². The van der Waals surface area contributed by atoms with Gasteiger partial charge in [0.25, 0.3) is 0 Å². The van der Waals surface area contributed by atoms with Crippen LogP contribution >= 0.6 is 0 Å². The largest absolute Gasteiger partial charge is 0.493 e. The van der Waals surface area contributed by atoms with E-state index in [2.05, 4.69) is 48.4 Å². The van der Waals surface area contributed by atoms with E-state index in [1.807, 2.05) is 12.1 Å². The van der Waals surface area contributed by atoms with E-state index in [4.69, 9.17) is 15.5 Å². The summed E-state index contributed by atoms with van der Waals surface area (Å²) in [5, 5.41) is 6.86. The number of rotatable bonds is 10. The maximum Gasteiger partial charge on any atom is 0.231 e. The van der Waals surface area contributed by atoms with Crippen molar-refractivity contribution in [3.05, 3.63) is 29.8 Å². The molecule has 1 heterocycles. The Morgan fingerprint density at radius 1 is 1.28 bits per heavy atom. The molecule has 162 valence electrons. The van der Waals surface area contributed by atoms with Gasteiger partial charge in [-0.3, -0.25) is 14.7 Å². The highest BCUT2D eigenvalue weighted by atomic mass is 16.5. The van der Waals surface area contributed by atoms with Crippen LogP contribution in [0.2, 0.25) is 0 Å². The number of guanidine groups is 1. The van der Waals surface area contributed by atoms with Gasteiger partial charge >= 0.3 is 0 Å². The highest BCUT2D eigenvalue weighted by Crippen LogP contribution is 2.14. The smallest absolute Gasteiger partial charge is 0.231 e. The highest BCUT2D eigenvalue weighted by Gasteiger charge is 2.20. The summed E-state index contributed by atoms with van der Waals surface area (Å²) in [7, 11) is 0. The molecule has 1 fully saturated rings. The lowest BCUT2D eigenvalue weighted by Crippen LogP contribution is -2.49. The Labute approximate surface area is 175 Å². The standard InChI is InChI=1S/C22H37N5O2/c1-4-24-22(26-19-10-13-27(14-11-19)15-21(23)28)25-12-9-18-5-7-20(8-6-18)29-16-17(2)3/h5-8,17,19H,4,9-16H2,1-3H3,(H2,23,28)(H2,24,25,26). The number of carbonyl (C=O) groups excluding carboxylic acids is 1. The number of ether oxygens (including phenoxy) is 1. The number of likely N-dealkylation sites (tertiary alicyclic amines) is 1. The van der Waals surface area contributed by atoms with Crippen LogP contribution in [0.15, 0.2) is 29.3 Å². The average Bonchev–Trinajstić information content (AvgIpc) is 2.68. The van der Waals surface area contributed by atoms with E-state index in [1.165, 1.54) is 5.56 Å². The molecular weight excluding hydrogens is 366 g/mol. The van der Waals surface area contributed by atoms with Crippen molar-refractivity contribution in [2.75, 3.05) is 39.3 Å². The molecule has 0 saturated carbocycles. The Hall–Kier alpha value is -2.28. The fraction of sp³-hybridized carbons (Fsp3) is 0.636. The summed E-state index contributed by atoms with van der Waals surface area (Å²) in [4.78, 5) is 17.9. The number of hydrogen-bond acceptors (Lipinski definition) is 4. The van der Waals surface area contributed by atoms with Crippen LogP contribution in [0, 0.1) is 5.92 Å². The van der Waals surface area contributed by atoms with Crippen LogP contribution in [0.25, 0.3) is 0 Å². The fourth-order valence-corrected chi connectivity index (χ4v) is 3.28. The highest BCUT2D eigenvalue weighted by molar-refractivity contribution is 5.80. The maximum atomic E-state index is 11.1. The average molecular weight is 404 g/mol. The molecule has 0 unspecified atom stereocenters. The zero-order valence-corrected chi connectivity index (χ0v) is 18.1. The summed E-state index contributed by atoms with van der Waals surface area (Å²) in [5.41, 5.74) is 6.54. The van der Waals surface area contributed by atoms with Gasteiger partial charge in [0.15, 0.2) is 5.96 Å². The molecule has 29 heavy (non-hydrogen) atoms. The molecule has 0 aromatic heterocycles. The molecule has 1 saturated heterocycles. The molecule has 1 aliphatic rings. The van der Waals surface area contributed by atoms with Gasteiger partial charge in [-0.15, -0.1) is 0 Å². The second-order valence-corrected chi connectivity index (χ2v) is 8.02. The molecule has 0 atom stereocenters. The van der Waals surface area contributed by atoms with Gasteiger partial charge in [-0.1, -0.05) is 26.0 Å². The summed E-state index contributed by atoms with van der Waals surface area (Å²) in [6.45, 7) is 10.8. The van der Waals surface area contributed by atoms with E-state index in [1.54, 1.807) is 0 Å². The van der Waals surface area contributed by atoms with Crippen LogP contribution < -0.4 is 21.1 Å². The Morgan fingerprint density at radius 3 is 2.55 bits per heavy atom. The predicted molar refractivity (Wildman–Crippen MR) is 118 cm³/mol.